The molecule has 150 valence electrons. The van der Waals surface area contributed by atoms with Gasteiger partial charge in [0.15, 0.2) is 5.76 Å². The van der Waals surface area contributed by atoms with Gasteiger partial charge in [-0.05, 0) is 48.4 Å². The summed E-state index contributed by atoms with van der Waals surface area (Å²) in [6.07, 6.45) is 0.800. The van der Waals surface area contributed by atoms with Gasteiger partial charge in [-0.3, -0.25) is 0 Å². The van der Waals surface area contributed by atoms with Crippen molar-refractivity contribution in [1.82, 2.24) is 4.98 Å². The van der Waals surface area contributed by atoms with Crippen LogP contribution in [0.3, 0.4) is 0 Å². The fourth-order valence-corrected chi connectivity index (χ4v) is 2.97. The van der Waals surface area contributed by atoms with Crippen molar-refractivity contribution >= 4 is 17.5 Å². The zero-order chi connectivity index (χ0) is 20.8. The van der Waals surface area contributed by atoms with Crippen molar-refractivity contribution in [2.24, 2.45) is 0 Å². The summed E-state index contributed by atoms with van der Waals surface area (Å²) in [4.78, 5) is 4.23. The molecule has 30 heavy (non-hydrogen) atoms. The number of halogens is 1. The molecule has 0 radical (unpaired) electrons. The number of hydrogen-bond donors (Lipinski definition) is 1. The Labute approximate surface area is 178 Å². The minimum absolute atomic E-state index is 0.188. The molecule has 0 bridgehead atoms. The lowest BCUT2D eigenvalue weighted by molar-refractivity contribution is 0.271. The lowest BCUT2D eigenvalue weighted by atomic mass is 10.1. The summed E-state index contributed by atoms with van der Waals surface area (Å²) < 4.78 is 17.2. The summed E-state index contributed by atoms with van der Waals surface area (Å²) >= 11 is 5.87. The number of ether oxygens (including phenoxy) is 1. The molecule has 0 aliphatic carbocycles. The first-order valence-electron chi connectivity index (χ1n) is 9.37. The SMILES string of the molecule is N#Cc1nc(-c2ccc(COc3ccc(Cl)cc3)o2)oc1NCCc1ccccc1. The Balaban J connectivity index is 1.39. The van der Waals surface area contributed by atoms with Gasteiger partial charge in [0.25, 0.3) is 5.89 Å². The smallest absolute Gasteiger partial charge is 0.266 e. The van der Waals surface area contributed by atoms with E-state index in [1.807, 2.05) is 24.3 Å². The third kappa shape index (κ3) is 4.83. The van der Waals surface area contributed by atoms with Gasteiger partial charge in [-0.2, -0.15) is 10.2 Å². The molecule has 0 unspecified atom stereocenters. The number of furan rings is 1. The minimum Gasteiger partial charge on any atom is -0.486 e. The van der Waals surface area contributed by atoms with Crippen LogP contribution in [-0.4, -0.2) is 11.5 Å². The Morgan fingerprint density at radius 1 is 1.00 bits per heavy atom. The van der Waals surface area contributed by atoms with Crippen molar-refractivity contribution in [1.29, 1.82) is 5.26 Å². The first-order chi connectivity index (χ1) is 14.7. The van der Waals surface area contributed by atoms with E-state index in [-0.39, 0.29) is 18.2 Å². The predicted octanol–water partition coefficient (Wildman–Crippen LogP) is 5.69. The molecule has 4 rings (SSSR count). The molecule has 1 N–H and O–H groups in total. The minimum atomic E-state index is 0.188. The Hall–Kier alpha value is -3.69. The lowest BCUT2D eigenvalue weighted by Crippen LogP contribution is -2.05. The summed E-state index contributed by atoms with van der Waals surface area (Å²) in [6, 6.07) is 22.7. The van der Waals surface area contributed by atoms with Crippen molar-refractivity contribution in [2.75, 3.05) is 11.9 Å². The van der Waals surface area contributed by atoms with E-state index >= 15 is 0 Å². The number of nitrogens with zero attached hydrogens (tertiary/aromatic N) is 2. The number of hydrogen-bond acceptors (Lipinski definition) is 6. The predicted molar refractivity (Wildman–Crippen MR) is 113 cm³/mol. The van der Waals surface area contributed by atoms with Crippen LogP contribution in [0.15, 0.2) is 75.6 Å². The highest BCUT2D eigenvalue weighted by atomic mass is 35.5. The van der Waals surface area contributed by atoms with E-state index in [9.17, 15) is 5.26 Å². The molecule has 0 fully saturated rings. The van der Waals surface area contributed by atoms with Crippen LogP contribution in [0.25, 0.3) is 11.7 Å². The monoisotopic (exact) mass is 419 g/mol. The van der Waals surface area contributed by atoms with E-state index < -0.39 is 0 Å². The van der Waals surface area contributed by atoms with Gasteiger partial charge in [-0.15, -0.1) is 0 Å². The molecule has 0 saturated carbocycles. The van der Waals surface area contributed by atoms with Gasteiger partial charge < -0.3 is 18.9 Å². The Morgan fingerprint density at radius 3 is 2.57 bits per heavy atom. The summed E-state index contributed by atoms with van der Waals surface area (Å²) in [7, 11) is 0. The summed E-state index contributed by atoms with van der Waals surface area (Å²) in [6.45, 7) is 0.862. The van der Waals surface area contributed by atoms with Crippen LogP contribution >= 0.6 is 11.6 Å². The van der Waals surface area contributed by atoms with Gasteiger partial charge >= 0.3 is 0 Å². The molecule has 0 aliphatic rings. The number of aromatic nitrogens is 1. The highest BCUT2D eigenvalue weighted by molar-refractivity contribution is 6.30. The fourth-order valence-electron chi connectivity index (χ4n) is 2.84. The van der Waals surface area contributed by atoms with Crippen molar-refractivity contribution in [3.05, 3.63) is 88.8 Å². The van der Waals surface area contributed by atoms with E-state index in [1.54, 1.807) is 36.4 Å². The summed E-state index contributed by atoms with van der Waals surface area (Å²) in [5.74, 6) is 2.29. The number of oxazole rings is 1. The second kappa shape index (κ2) is 9.21. The van der Waals surface area contributed by atoms with Crippen LogP contribution < -0.4 is 10.1 Å². The van der Waals surface area contributed by atoms with Crippen LogP contribution in [0.2, 0.25) is 5.02 Å². The van der Waals surface area contributed by atoms with Crippen molar-refractivity contribution < 1.29 is 13.6 Å². The first kappa shape index (κ1) is 19.6. The molecule has 0 saturated heterocycles. The second-order valence-electron chi connectivity index (χ2n) is 6.48. The molecular weight excluding hydrogens is 402 g/mol. The van der Waals surface area contributed by atoms with E-state index in [4.69, 9.17) is 25.2 Å². The van der Waals surface area contributed by atoms with Crippen LogP contribution in [0, 0.1) is 11.3 Å². The quantitative estimate of drug-likeness (QED) is 0.394. The van der Waals surface area contributed by atoms with Gasteiger partial charge in [0.1, 0.15) is 24.2 Å². The van der Waals surface area contributed by atoms with Crippen molar-refractivity contribution in [2.45, 2.75) is 13.0 Å². The van der Waals surface area contributed by atoms with Crippen molar-refractivity contribution in [3.63, 3.8) is 0 Å². The van der Waals surface area contributed by atoms with E-state index in [0.717, 1.165) is 6.42 Å². The molecule has 6 nitrogen and oxygen atoms in total. The molecule has 0 spiro atoms. The Morgan fingerprint density at radius 2 is 1.80 bits per heavy atom. The summed E-state index contributed by atoms with van der Waals surface area (Å²) in [5, 5.41) is 13.1. The third-order valence-corrected chi connectivity index (χ3v) is 4.59. The molecule has 2 aromatic carbocycles. The van der Waals surface area contributed by atoms with Crippen LogP contribution in [0.1, 0.15) is 17.0 Å². The maximum atomic E-state index is 9.36. The lowest BCUT2D eigenvalue weighted by Gasteiger charge is -2.03. The standard InChI is InChI=1S/C23H18ClN3O3/c24-17-6-8-18(9-7-17)28-15-19-10-11-21(29-19)23-27-20(14-25)22(30-23)26-13-12-16-4-2-1-3-5-16/h1-11,26H,12-13,15H2. The highest BCUT2D eigenvalue weighted by Gasteiger charge is 2.17. The zero-order valence-electron chi connectivity index (χ0n) is 16.0. The number of rotatable bonds is 8. The van der Waals surface area contributed by atoms with Crippen molar-refractivity contribution in [3.8, 4) is 23.5 Å². The van der Waals surface area contributed by atoms with E-state index in [0.29, 0.717) is 34.7 Å². The fraction of sp³-hybridized carbons (Fsp3) is 0.130. The second-order valence-corrected chi connectivity index (χ2v) is 6.92. The zero-order valence-corrected chi connectivity index (χ0v) is 16.7. The number of benzene rings is 2. The third-order valence-electron chi connectivity index (χ3n) is 4.34. The van der Waals surface area contributed by atoms with Crippen LogP contribution in [0.4, 0.5) is 5.88 Å². The van der Waals surface area contributed by atoms with Gasteiger partial charge in [-0.1, -0.05) is 41.9 Å². The molecule has 2 heterocycles. The van der Waals surface area contributed by atoms with E-state index in [1.165, 1.54) is 5.56 Å². The van der Waals surface area contributed by atoms with Gasteiger partial charge in [-0.25, -0.2) is 0 Å². The molecule has 0 atom stereocenters. The van der Waals surface area contributed by atoms with Gasteiger partial charge in [0, 0.05) is 11.6 Å². The molecule has 0 amide bonds. The molecule has 4 aromatic rings. The van der Waals surface area contributed by atoms with Gasteiger partial charge in [0.2, 0.25) is 11.6 Å². The Bertz CT molecular complexity index is 1140. The molecular formula is C23H18ClN3O3. The first-order valence-corrected chi connectivity index (χ1v) is 9.75. The summed E-state index contributed by atoms with van der Waals surface area (Å²) in [5.41, 5.74) is 1.38. The number of nitriles is 1. The molecule has 7 heteroatoms. The van der Waals surface area contributed by atoms with Crippen LogP contribution in [0.5, 0.6) is 5.75 Å². The maximum absolute atomic E-state index is 9.36. The highest BCUT2D eigenvalue weighted by Crippen LogP contribution is 2.27. The Kier molecular flexibility index (Phi) is 6.02. The topological polar surface area (TPSA) is 84.2 Å². The molecule has 2 aromatic heterocycles. The maximum Gasteiger partial charge on any atom is 0.266 e. The average molecular weight is 420 g/mol. The number of anilines is 1. The van der Waals surface area contributed by atoms with Gasteiger partial charge in [0.05, 0.1) is 0 Å². The normalized spacial score (nSPS) is 10.5. The number of nitrogens with one attached hydrogen (secondary N) is 1. The molecule has 0 aliphatic heterocycles. The van der Waals surface area contributed by atoms with Crippen LogP contribution in [-0.2, 0) is 13.0 Å². The van der Waals surface area contributed by atoms with E-state index in [2.05, 4.69) is 22.4 Å². The average Bonchev–Trinajstić information content (AvgIpc) is 3.41. The largest absolute Gasteiger partial charge is 0.486 e.